The summed E-state index contributed by atoms with van der Waals surface area (Å²) in [4.78, 5) is 26.9. The number of nitrogens with one attached hydrogen (secondary N) is 1. The highest BCUT2D eigenvalue weighted by Gasteiger charge is 2.30. The lowest BCUT2D eigenvalue weighted by molar-refractivity contribution is -0.139. The molecular weight excluding hydrogens is 364 g/mol. The molecule has 0 unspecified atom stereocenters. The summed E-state index contributed by atoms with van der Waals surface area (Å²) >= 11 is 6.10. The second-order valence-electron chi connectivity index (χ2n) is 6.74. The van der Waals surface area contributed by atoms with Crippen molar-refractivity contribution in [1.29, 1.82) is 0 Å². The molecule has 2 amide bonds. The fraction of sp³-hybridized carbons (Fsp3) is 0.333. The van der Waals surface area contributed by atoms with Crippen LogP contribution >= 0.6 is 11.6 Å². The summed E-state index contributed by atoms with van der Waals surface area (Å²) < 4.78 is 5.83. The highest BCUT2D eigenvalue weighted by molar-refractivity contribution is 6.34. The zero-order valence-electron chi connectivity index (χ0n) is 15.7. The first kappa shape index (κ1) is 19.2. The van der Waals surface area contributed by atoms with Gasteiger partial charge in [0.2, 0.25) is 0 Å². The lowest BCUT2D eigenvalue weighted by Gasteiger charge is -2.28. The van der Waals surface area contributed by atoms with Gasteiger partial charge in [0.05, 0.1) is 10.6 Å². The quantitative estimate of drug-likeness (QED) is 0.841. The van der Waals surface area contributed by atoms with Crippen molar-refractivity contribution in [3.05, 3.63) is 58.6 Å². The molecule has 0 aromatic heterocycles. The van der Waals surface area contributed by atoms with E-state index in [1.54, 1.807) is 43.3 Å². The summed E-state index contributed by atoms with van der Waals surface area (Å²) in [6, 6.07) is 12.4. The first-order valence-electron chi connectivity index (χ1n) is 9.06. The molecule has 27 heavy (non-hydrogen) atoms. The molecule has 0 saturated heterocycles. The van der Waals surface area contributed by atoms with E-state index in [9.17, 15) is 9.59 Å². The number of halogens is 1. The minimum absolute atomic E-state index is 0.0257. The van der Waals surface area contributed by atoms with E-state index in [4.69, 9.17) is 16.3 Å². The Balaban J connectivity index is 1.87. The molecule has 0 fully saturated rings. The van der Waals surface area contributed by atoms with Crippen molar-refractivity contribution in [1.82, 2.24) is 4.90 Å². The van der Waals surface area contributed by atoms with Crippen molar-refractivity contribution in [2.75, 3.05) is 5.32 Å². The number of carbonyl (C=O) groups excluding carboxylic acids is 2. The van der Waals surface area contributed by atoms with Crippen LogP contribution < -0.4 is 10.1 Å². The van der Waals surface area contributed by atoms with Crippen LogP contribution in [0.2, 0.25) is 5.02 Å². The Hall–Kier alpha value is -2.53. The number of amides is 2. The number of benzene rings is 2. The lowest BCUT2D eigenvalue weighted by atomic mass is 10.1. The molecule has 1 N–H and O–H groups in total. The van der Waals surface area contributed by atoms with Crippen LogP contribution in [0.4, 0.5) is 5.69 Å². The summed E-state index contributed by atoms with van der Waals surface area (Å²) in [5.41, 5.74) is 1.91. The molecule has 0 aliphatic carbocycles. The van der Waals surface area contributed by atoms with Gasteiger partial charge >= 0.3 is 0 Å². The Labute approximate surface area is 164 Å². The van der Waals surface area contributed by atoms with Gasteiger partial charge in [-0.2, -0.15) is 0 Å². The number of hydrogen-bond acceptors (Lipinski definition) is 3. The normalized spacial score (nSPS) is 17.6. The van der Waals surface area contributed by atoms with Crippen LogP contribution in [0.15, 0.2) is 42.5 Å². The van der Waals surface area contributed by atoms with E-state index >= 15 is 0 Å². The molecule has 2 aromatic carbocycles. The minimum Gasteiger partial charge on any atom is -0.481 e. The van der Waals surface area contributed by atoms with Crippen molar-refractivity contribution in [3.8, 4) is 5.75 Å². The zero-order valence-corrected chi connectivity index (χ0v) is 16.4. The molecule has 0 radical (unpaired) electrons. The molecule has 2 aromatic rings. The van der Waals surface area contributed by atoms with Gasteiger partial charge in [-0.1, -0.05) is 30.7 Å². The van der Waals surface area contributed by atoms with Crippen LogP contribution in [0.1, 0.15) is 43.1 Å². The first-order valence-corrected chi connectivity index (χ1v) is 9.44. The number of ether oxygens (including phenoxy) is 1. The van der Waals surface area contributed by atoms with Crippen LogP contribution in [0.3, 0.4) is 0 Å². The van der Waals surface area contributed by atoms with Gasteiger partial charge in [-0.15, -0.1) is 0 Å². The van der Waals surface area contributed by atoms with E-state index in [2.05, 4.69) is 12.2 Å². The minimum atomic E-state index is -0.538. The largest absolute Gasteiger partial charge is 0.481 e. The lowest BCUT2D eigenvalue weighted by Crippen LogP contribution is -2.42. The van der Waals surface area contributed by atoms with Gasteiger partial charge in [-0.05, 0) is 50.6 Å². The van der Waals surface area contributed by atoms with Gasteiger partial charge in [0.25, 0.3) is 11.8 Å². The molecule has 0 saturated carbocycles. The number of hydrogen-bond donors (Lipinski definition) is 1. The third kappa shape index (κ3) is 4.08. The predicted molar refractivity (Wildman–Crippen MR) is 106 cm³/mol. The Morgan fingerprint density at radius 3 is 2.78 bits per heavy atom. The summed E-state index contributed by atoms with van der Waals surface area (Å²) in [5, 5.41) is 3.27. The first-order chi connectivity index (χ1) is 12.9. The van der Waals surface area contributed by atoms with Crippen LogP contribution in [-0.2, 0) is 11.3 Å². The number of rotatable bonds is 4. The summed E-state index contributed by atoms with van der Waals surface area (Å²) in [7, 11) is 0. The third-order valence-electron chi connectivity index (χ3n) is 4.83. The summed E-state index contributed by atoms with van der Waals surface area (Å²) in [6.45, 7) is 6.29. The van der Waals surface area contributed by atoms with E-state index < -0.39 is 6.10 Å². The molecule has 1 heterocycles. The monoisotopic (exact) mass is 386 g/mol. The molecule has 0 bridgehead atoms. The molecule has 0 spiro atoms. The van der Waals surface area contributed by atoms with Crippen LogP contribution in [0.5, 0.6) is 5.75 Å². The molecule has 3 rings (SSSR count). The predicted octanol–water partition coefficient (Wildman–Crippen LogP) is 4.50. The fourth-order valence-electron chi connectivity index (χ4n) is 3.07. The SMILES string of the molecule is CC[C@H](C)N1Cc2cc(NC(=O)c3ccccc3Cl)ccc2O[C@@H](C)C1=O. The topological polar surface area (TPSA) is 58.6 Å². The third-order valence-corrected chi connectivity index (χ3v) is 5.16. The number of fused-ring (bicyclic) bond motifs is 1. The Morgan fingerprint density at radius 1 is 1.33 bits per heavy atom. The average Bonchev–Trinajstić information content (AvgIpc) is 2.78. The maximum atomic E-state index is 12.6. The van der Waals surface area contributed by atoms with Gasteiger partial charge in [-0.25, -0.2) is 0 Å². The van der Waals surface area contributed by atoms with Gasteiger partial charge in [0.15, 0.2) is 6.10 Å². The fourth-order valence-corrected chi connectivity index (χ4v) is 3.29. The highest BCUT2D eigenvalue weighted by atomic mass is 35.5. The van der Waals surface area contributed by atoms with Gasteiger partial charge in [0, 0.05) is 23.8 Å². The van der Waals surface area contributed by atoms with E-state index in [1.807, 2.05) is 17.9 Å². The highest BCUT2D eigenvalue weighted by Crippen LogP contribution is 2.30. The van der Waals surface area contributed by atoms with Crippen LogP contribution in [0, 0.1) is 0 Å². The van der Waals surface area contributed by atoms with E-state index in [1.165, 1.54) is 0 Å². The van der Waals surface area contributed by atoms with Crippen LogP contribution in [0.25, 0.3) is 0 Å². The van der Waals surface area contributed by atoms with Crippen molar-refractivity contribution >= 4 is 29.1 Å². The molecule has 1 aliphatic rings. The summed E-state index contributed by atoms with van der Waals surface area (Å²) in [5.74, 6) is 0.359. The van der Waals surface area contributed by atoms with Gasteiger partial charge in [-0.3, -0.25) is 9.59 Å². The van der Waals surface area contributed by atoms with Crippen molar-refractivity contribution in [3.63, 3.8) is 0 Å². The van der Waals surface area contributed by atoms with Crippen molar-refractivity contribution in [2.45, 2.75) is 45.9 Å². The van der Waals surface area contributed by atoms with Crippen LogP contribution in [-0.4, -0.2) is 28.9 Å². The second-order valence-corrected chi connectivity index (χ2v) is 7.15. The number of carbonyl (C=O) groups is 2. The van der Waals surface area contributed by atoms with E-state index in [0.29, 0.717) is 28.6 Å². The Kier molecular flexibility index (Phi) is 5.71. The van der Waals surface area contributed by atoms with E-state index in [-0.39, 0.29) is 17.9 Å². The van der Waals surface area contributed by atoms with Gasteiger partial charge in [0.1, 0.15) is 5.75 Å². The maximum Gasteiger partial charge on any atom is 0.263 e. The Bertz CT molecular complexity index is 868. The maximum absolute atomic E-state index is 12.6. The molecule has 1 aliphatic heterocycles. The second kappa shape index (κ2) is 8.01. The molecular formula is C21H23ClN2O3. The van der Waals surface area contributed by atoms with Crippen molar-refractivity contribution < 1.29 is 14.3 Å². The molecule has 6 heteroatoms. The average molecular weight is 387 g/mol. The van der Waals surface area contributed by atoms with Gasteiger partial charge < -0.3 is 15.0 Å². The Morgan fingerprint density at radius 2 is 2.07 bits per heavy atom. The molecule has 142 valence electrons. The van der Waals surface area contributed by atoms with Crippen molar-refractivity contribution in [2.24, 2.45) is 0 Å². The summed E-state index contributed by atoms with van der Waals surface area (Å²) in [6.07, 6.45) is 0.320. The standard InChI is InChI=1S/C21H23ClN2O3/c1-4-13(2)24-12-15-11-16(9-10-19(15)27-14(3)21(24)26)23-20(25)17-7-5-6-8-18(17)22/h5-11,13-14H,4,12H2,1-3H3,(H,23,25)/t13-,14-/m0/s1. The molecule has 5 nitrogen and oxygen atoms in total. The molecule has 2 atom stereocenters. The zero-order chi connectivity index (χ0) is 19.6. The number of nitrogens with zero attached hydrogens (tertiary/aromatic N) is 1. The smallest absolute Gasteiger partial charge is 0.263 e. The number of anilines is 1. The van der Waals surface area contributed by atoms with E-state index in [0.717, 1.165) is 12.0 Å².